The standard InChI is InChI=1S/C24H28ClN3O/c1-3-18(2)13-24(29)27-12-11-22(17-27)28(16-19-7-5-4-6-8-19)21-10-9-20(15-26)23(25)14-21/h4-10,14,18,22H,3,11-13,16-17H2,1-2H3/t18?,22-/m0/s1. The van der Waals surface area contributed by atoms with Gasteiger partial charge in [0.15, 0.2) is 0 Å². The van der Waals surface area contributed by atoms with Gasteiger partial charge in [0, 0.05) is 37.8 Å². The number of hydrogen-bond acceptors (Lipinski definition) is 3. The first-order chi connectivity index (χ1) is 14.0. The van der Waals surface area contributed by atoms with Crippen molar-refractivity contribution in [1.82, 2.24) is 4.90 Å². The summed E-state index contributed by atoms with van der Waals surface area (Å²) < 4.78 is 0. The molecular formula is C24H28ClN3O. The van der Waals surface area contributed by atoms with Crippen molar-refractivity contribution in [3.8, 4) is 6.07 Å². The number of hydrogen-bond donors (Lipinski definition) is 0. The van der Waals surface area contributed by atoms with E-state index >= 15 is 0 Å². The van der Waals surface area contributed by atoms with Crippen molar-refractivity contribution >= 4 is 23.2 Å². The second kappa shape index (κ2) is 9.80. The van der Waals surface area contributed by atoms with Crippen LogP contribution in [-0.4, -0.2) is 29.9 Å². The molecule has 3 rings (SSSR count). The van der Waals surface area contributed by atoms with Gasteiger partial charge in [-0.15, -0.1) is 0 Å². The SMILES string of the molecule is CCC(C)CC(=O)N1CC[C@H](N(Cc2ccccc2)c2ccc(C#N)c(Cl)c2)C1. The second-order valence-corrected chi connectivity index (χ2v) is 8.30. The summed E-state index contributed by atoms with van der Waals surface area (Å²) in [6, 6.07) is 18.2. The lowest BCUT2D eigenvalue weighted by Crippen LogP contribution is -2.39. The number of likely N-dealkylation sites (tertiary alicyclic amines) is 1. The van der Waals surface area contributed by atoms with Crippen LogP contribution < -0.4 is 4.90 Å². The molecule has 2 aromatic carbocycles. The van der Waals surface area contributed by atoms with Crippen LogP contribution in [0.25, 0.3) is 0 Å². The maximum absolute atomic E-state index is 12.7. The van der Waals surface area contributed by atoms with E-state index in [0.29, 0.717) is 22.9 Å². The Morgan fingerprint density at radius 1 is 1.31 bits per heavy atom. The first kappa shape index (κ1) is 21.2. The van der Waals surface area contributed by atoms with Gasteiger partial charge in [-0.3, -0.25) is 4.79 Å². The molecule has 0 radical (unpaired) electrons. The lowest BCUT2D eigenvalue weighted by Gasteiger charge is -2.32. The van der Waals surface area contributed by atoms with E-state index in [-0.39, 0.29) is 11.9 Å². The Bertz CT molecular complexity index is 877. The summed E-state index contributed by atoms with van der Waals surface area (Å²) in [4.78, 5) is 17.0. The van der Waals surface area contributed by atoms with Gasteiger partial charge in [0.1, 0.15) is 6.07 Å². The molecule has 2 atom stereocenters. The minimum atomic E-state index is 0.222. The van der Waals surface area contributed by atoms with Gasteiger partial charge in [-0.1, -0.05) is 62.2 Å². The zero-order valence-corrected chi connectivity index (χ0v) is 17.9. The summed E-state index contributed by atoms with van der Waals surface area (Å²) in [7, 11) is 0. The predicted octanol–water partition coefficient (Wildman–Crippen LogP) is 5.26. The molecule has 1 unspecified atom stereocenters. The number of carbonyl (C=O) groups excluding carboxylic acids is 1. The number of benzene rings is 2. The Balaban J connectivity index is 1.81. The molecule has 0 N–H and O–H groups in total. The second-order valence-electron chi connectivity index (χ2n) is 7.89. The first-order valence-corrected chi connectivity index (χ1v) is 10.7. The van der Waals surface area contributed by atoms with Gasteiger partial charge in [0.05, 0.1) is 10.6 Å². The normalized spacial score (nSPS) is 17.0. The minimum Gasteiger partial charge on any atom is -0.362 e. The van der Waals surface area contributed by atoms with Crippen LogP contribution in [0.3, 0.4) is 0 Å². The Kier molecular flexibility index (Phi) is 7.17. The topological polar surface area (TPSA) is 47.3 Å². The third-order valence-corrected chi connectivity index (χ3v) is 6.09. The van der Waals surface area contributed by atoms with Gasteiger partial charge in [0.25, 0.3) is 0 Å². The smallest absolute Gasteiger partial charge is 0.222 e. The van der Waals surface area contributed by atoms with Crippen LogP contribution in [0.1, 0.15) is 44.2 Å². The molecule has 1 aliphatic rings. The fourth-order valence-corrected chi connectivity index (χ4v) is 4.00. The van der Waals surface area contributed by atoms with Gasteiger partial charge < -0.3 is 9.80 Å². The van der Waals surface area contributed by atoms with Gasteiger partial charge in [-0.25, -0.2) is 0 Å². The summed E-state index contributed by atoms with van der Waals surface area (Å²) in [5.74, 6) is 0.665. The maximum atomic E-state index is 12.7. The number of rotatable bonds is 7. The van der Waals surface area contributed by atoms with E-state index in [4.69, 9.17) is 11.6 Å². The number of nitrogens with zero attached hydrogens (tertiary/aromatic N) is 3. The van der Waals surface area contributed by atoms with E-state index in [1.165, 1.54) is 5.56 Å². The summed E-state index contributed by atoms with van der Waals surface area (Å²) in [6.07, 6.45) is 2.56. The van der Waals surface area contributed by atoms with Crippen LogP contribution in [0.15, 0.2) is 48.5 Å². The fourth-order valence-electron chi connectivity index (χ4n) is 3.78. The van der Waals surface area contributed by atoms with Crippen molar-refractivity contribution < 1.29 is 4.79 Å². The van der Waals surface area contributed by atoms with Gasteiger partial charge in [-0.2, -0.15) is 5.26 Å². The van der Waals surface area contributed by atoms with Crippen molar-refractivity contribution in [3.05, 3.63) is 64.7 Å². The summed E-state index contributed by atoms with van der Waals surface area (Å²) in [6.45, 7) is 6.50. The first-order valence-electron chi connectivity index (χ1n) is 10.3. The van der Waals surface area contributed by atoms with Crippen LogP contribution in [0.5, 0.6) is 0 Å². The molecule has 4 nitrogen and oxygen atoms in total. The molecule has 1 aliphatic heterocycles. The highest BCUT2D eigenvalue weighted by Crippen LogP contribution is 2.29. The average Bonchev–Trinajstić information content (AvgIpc) is 3.22. The molecule has 0 aromatic heterocycles. The molecule has 1 fully saturated rings. The summed E-state index contributed by atoms with van der Waals surface area (Å²) >= 11 is 6.32. The molecule has 152 valence electrons. The molecule has 2 aromatic rings. The van der Waals surface area contributed by atoms with Crippen LogP contribution >= 0.6 is 11.6 Å². The van der Waals surface area contributed by atoms with E-state index < -0.39 is 0 Å². The predicted molar refractivity (Wildman–Crippen MR) is 118 cm³/mol. The summed E-state index contributed by atoms with van der Waals surface area (Å²) in [5, 5.41) is 9.65. The van der Waals surface area contributed by atoms with Crippen molar-refractivity contribution in [2.24, 2.45) is 5.92 Å². The van der Waals surface area contributed by atoms with Crippen molar-refractivity contribution in [1.29, 1.82) is 5.26 Å². The largest absolute Gasteiger partial charge is 0.362 e. The number of carbonyl (C=O) groups is 1. The average molecular weight is 410 g/mol. The molecule has 1 heterocycles. The highest BCUT2D eigenvalue weighted by atomic mass is 35.5. The molecule has 0 saturated carbocycles. The van der Waals surface area contributed by atoms with Crippen LogP contribution in [-0.2, 0) is 11.3 Å². The summed E-state index contributed by atoms with van der Waals surface area (Å²) in [5.41, 5.74) is 2.67. The van der Waals surface area contributed by atoms with E-state index in [9.17, 15) is 10.1 Å². The highest BCUT2D eigenvalue weighted by Gasteiger charge is 2.31. The number of nitriles is 1. The van der Waals surface area contributed by atoms with Crippen molar-refractivity contribution in [2.45, 2.75) is 45.7 Å². The van der Waals surface area contributed by atoms with Crippen LogP contribution in [0.4, 0.5) is 5.69 Å². The molecule has 5 heteroatoms. The monoisotopic (exact) mass is 409 g/mol. The molecule has 0 spiro atoms. The zero-order valence-electron chi connectivity index (χ0n) is 17.1. The Morgan fingerprint density at radius 3 is 2.72 bits per heavy atom. The Labute approximate surface area is 178 Å². The highest BCUT2D eigenvalue weighted by molar-refractivity contribution is 6.32. The molecular weight excluding hydrogens is 382 g/mol. The number of anilines is 1. The van der Waals surface area contributed by atoms with E-state index in [2.05, 4.69) is 36.9 Å². The quantitative estimate of drug-likeness (QED) is 0.627. The van der Waals surface area contributed by atoms with Crippen LogP contribution in [0, 0.1) is 17.2 Å². The lowest BCUT2D eigenvalue weighted by atomic mass is 10.0. The number of halogens is 1. The third kappa shape index (κ3) is 5.31. The molecule has 29 heavy (non-hydrogen) atoms. The van der Waals surface area contributed by atoms with Crippen molar-refractivity contribution in [2.75, 3.05) is 18.0 Å². The molecule has 0 aliphatic carbocycles. The molecule has 0 bridgehead atoms. The third-order valence-electron chi connectivity index (χ3n) is 5.78. The van der Waals surface area contributed by atoms with Gasteiger partial charge >= 0.3 is 0 Å². The Hall–Kier alpha value is -2.51. The van der Waals surface area contributed by atoms with E-state index in [1.807, 2.05) is 35.2 Å². The Morgan fingerprint density at radius 2 is 2.07 bits per heavy atom. The lowest BCUT2D eigenvalue weighted by molar-refractivity contribution is -0.131. The molecule has 1 amide bonds. The zero-order chi connectivity index (χ0) is 20.8. The van der Waals surface area contributed by atoms with E-state index in [0.717, 1.165) is 38.2 Å². The van der Waals surface area contributed by atoms with Gasteiger partial charge in [-0.05, 0) is 36.1 Å². The molecule has 1 saturated heterocycles. The van der Waals surface area contributed by atoms with E-state index in [1.54, 1.807) is 6.07 Å². The van der Waals surface area contributed by atoms with Gasteiger partial charge in [0.2, 0.25) is 5.91 Å². The number of amides is 1. The fraction of sp³-hybridized carbons (Fsp3) is 0.417. The van der Waals surface area contributed by atoms with Crippen LogP contribution in [0.2, 0.25) is 5.02 Å². The van der Waals surface area contributed by atoms with Crippen molar-refractivity contribution in [3.63, 3.8) is 0 Å². The maximum Gasteiger partial charge on any atom is 0.222 e. The minimum absolute atomic E-state index is 0.222.